The number of carbonyl (C=O) groups excluding carboxylic acids is 1. The number of nitrogens with zero attached hydrogens (tertiary/aromatic N) is 1. The smallest absolute Gasteiger partial charge is 0.312 e. The minimum atomic E-state index is -0.238. The summed E-state index contributed by atoms with van der Waals surface area (Å²) in [6.07, 6.45) is 1.96. The first kappa shape index (κ1) is 15.6. The highest BCUT2D eigenvalue weighted by Gasteiger charge is 2.32. The van der Waals surface area contributed by atoms with Gasteiger partial charge in [0.25, 0.3) is 0 Å². The molecule has 1 aliphatic rings. The number of ether oxygens (including phenoxy) is 2. The Labute approximate surface area is 125 Å². The molecule has 1 aliphatic heterocycles. The Morgan fingerprint density at radius 3 is 2.52 bits per heavy atom. The number of hydrogen-bond acceptors (Lipinski definition) is 5. The SMILES string of the molecule is COC(=O)C(COc1ccc(O)cc1)C1CCN(C)CC1. The van der Waals surface area contributed by atoms with E-state index in [0.29, 0.717) is 18.3 Å². The number of rotatable bonds is 5. The van der Waals surface area contributed by atoms with Crippen LogP contribution in [0.4, 0.5) is 0 Å². The average molecular weight is 293 g/mol. The molecule has 5 nitrogen and oxygen atoms in total. The molecule has 1 N–H and O–H groups in total. The van der Waals surface area contributed by atoms with Crippen LogP contribution in [0.5, 0.6) is 11.5 Å². The number of methoxy groups -OCH3 is 1. The molecule has 1 unspecified atom stereocenters. The number of carbonyl (C=O) groups is 1. The molecule has 116 valence electrons. The van der Waals surface area contributed by atoms with Gasteiger partial charge in [-0.25, -0.2) is 0 Å². The van der Waals surface area contributed by atoms with Crippen LogP contribution in [0, 0.1) is 11.8 Å². The molecule has 0 amide bonds. The first-order valence-electron chi connectivity index (χ1n) is 7.28. The molecule has 0 bridgehead atoms. The molecule has 1 fully saturated rings. The van der Waals surface area contributed by atoms with Gasteiger partial charge in [-0.1, -0.05) is 0 Å². The molecule has 0 radical (unpaired) electrons. The predicted molar refractivity (Wildman–Crippen MR) is 79.3 cm³/mol. The lowest BCUT2D eigenvalue weighted by molar-refractivity contribution is -0.149. The van der Waals surface area contributed by atoms with Crippen molar-refractivity contribution < 1.29 is 19.4 Å². The highest BCUT2D eigenvalue weighted by Crippen LogP contribution is 2.27. The van der Waals surface area contributed by atoms with Crippen LogP contribution in [-0.4, -0.2) is 49.8 Å². The summed E-state index contributed by atoms with van der Waals surface area (Å²) in [6.45, 7) is 2.31. The van der Waals surface area contributed by atoms with E-state index in [1.165, 1.54) is 7.11 Å². The molecule has 1 aromatic rings. The van der Waals surface area contributed by atoms with Gasteiger partial charge in [-0.15, -0.1) is 0 Å². The monoisotopic (exact) mass is 293 g/mol. The first-order chi connectivity index (χ1) is 10.1. The van der Waals surface area contributed by atoms with Crippen LogP contribution in [-0.2, 0) is 9.53 Å². The van der Waals surface area contributed by atoms with E-state index in [1.54, 1.807) is 24.3 Å². The van der Waals surface area contributed by atoms with Crippen molar-refractivity contribution in [1.29, 1.82) is 0 Å². The Hall–Kier alpha value is -1.75. The van der Waals surface area contributed by atoms with Crippen molar-refractivity contribution >= 4 is 5.97 Å². The van der Waals surface area contributed by atoms with Crippen molar-refractivity contribution in [3.63, 3.8) is 0 Å². The van der Waals surface area contributed by atoms with Crippen LogP contribution < -0.4 is 4.74 Å². The lowest BCUT2D eigenvalue weighted by Crippen LogP contribution is -2.38. The van der Waals surface area contributed by atoms with Gasteiger partial charge < -0.3 is 19.5 Å². The van der Waals surface area contributed by atoms with Crippen LogP contribution in [0.15, 0.2) is 24.3 Å². The Bertz CT molecular complexity index is 452. The molecular formula is C16H23NO4. The first-order valence-corrected chi connectivity index (χ1v) is 7.28. The number of likely N-dealkylation sites (tertiary alicyclic amines) is 1. The van der Waals surface area contributed by atoms with Gasteiger partial charge in [0.2, 0.25) is 0 Å². The standard InChI is InChI=1S/C16H23NO4/c1-17-9-7-12(8-10-17)15(16(19)20-2)11-21-14-5-3-13(18)4-6-14/h3-6,12,15,18H,7-11H2,1-2H3. The molecule has 1 heterocycles. The van der Waals surface area contributed by atoms with Gasteiger partial charge in [0.05, 0.1) is 13.0 Å². The maximum absolute atomic E-state index is 12.0. The largest absolute Gasteiger partial charge is 0.508 e. The lowest BCUT2D eigenvalue weighted by atomic mass is 9.85. The van der Waals surface area contributed by atoms with Crippen LogP contribution in [0.3, 0.4) is 0 Å². The normalized spacial score (nSPS) is 18.2. The Balaban J connectivity index is 1.96. The molecule has 1 saturated heterocycles. The number of phenolic OH excluding ortho intramolecular Hbond substituents is 1. The van der Waals surface area contributed by atoms with Gasteiger partial charge in [-0.2, -0.15) is 0 Å². The lowest BCUT2D eigenvalue weighted by Gasteiger charge is -2.32. The molecule has 5 heteroatoms. The molecule has 0 aromatic heterocycles. The van der Waals surface area contributed by atoms with E-state index >= 15 is 0 Å². The molecule has 2 rings (SSSR count). The van der Waals surface area contributed by atoms with E-state index in [4.69, 9.17) is 9.47 Å². The third kappa shape index (κ3) is 4.36. The third-order valence-electron chi connectivity index (χ3n) is 4.10. The zero-order valence-corrected chi connectivity index (χ0v) is 12.6. The maximum atomic E-state index is 12.0. The van der Waals surface area contributed by atoms with E-state index in [0.717, 1.165) is 25.9 Å². The number of esters is 1. The topological polar surface area (TPSA) is 59.0 Å². The summed E-state index contributed by atoms with van der Waals surface area (Å²) in [4.78, 5) is 14.3. The van der Waals surface area contributed by atoms with Crippen molar-refractivity contribution in [2.45, 2.75) is 12.8 Å². The van der Waals surface area contributed by atoms with Gasteiger partial charge in [0.1, 0.15) is 18.1 Å². The summed E-state index contributed by atoms with van der Waals surface area (Å²) >= 11 is 0. The molecule has 1 atom stereocenters. The van der Waals surface area contributed by atoms with E-state index in [1.807, 2.05) is 0 Å². The summed E-state index contributed by atoms with van der Waals surface area (Å²) < 4.78 is 10.6. The summed E-state index contributed by atoms with van der Waals surface area (Å²) in [6, 6.07) is 6.52. The van der Waals surface area contributed by atoms with Gasteiger partial charge in [-0.3, -0.25) is 4.79 Å². The summed E-state index contributed by atoms with van der Waals surface area (Å²) in [5.74, 6) is 0.698. The van der Waals surface area contributed by atoms with Crippen LogP contribution in [0.1, 0.15) is 12.8 Å². The Morgan fingerprint density at radius 1 is 1.33 bits per heavy atom. The molecule has 1 aromatic carbocycles. The van der Waals surface area contributed by atoms with E-state index < -0.39 is 0 Å². The number of benzene rings is 1. The zero-order chi connectivity index (χ0) is 15.2. The minimum Gasteiger partial charge on any atom is -0.508 e. The van der Waals surface area contributed by atoms with Gasteiger partial charge in [0.15, 0.2) is 0 Å². The Morgan fingerprint density at radius 2 is 1.95 bits per heavy atom. The second-order valence-corrected chi connectivity index (χ2v) is 5.58. The summed E-state index contributed by atoms with van der Waals surface area (Å²) in [5, 5.41) is 9.25. The third-order valence-corrected chi connectivity index (χ3v) is 4.10. The second kappa shape index (κ2) is 7.31. The second-order valence-electron chi connectivity index (χ2n) is 5.58. The van der Waals surface area contributed by atoms with Crippen molar-refractivity contribution in [3.8, 4) is 11.5 Å². The fourth-order valence-corrected chi connectivity index (χ4v) is 2.71. The maximum Gasteiger partial charge on any atom is 0.312 e. The van der Waals surface area contributed by atoms with Gasteiger partial charge in [-0.05, 0) is 63.2 Å². The van der Waals surface area contributed by atoms with Crippen molar-refractivity contribution in [1.82, 2.24) is 4.90 Å². The quantitative estimate of drug-likeness (QED) is 0.840. The van der Waals surface area contributed by atoms with Crippen molar-refractivity contribution in [2.24, 2.45) is 11.8 Å². The van der Waals surface area contributed by atoms with Crippen molar-refractivity contribution in [2.75, 3.05) is 33.9 Å². The summed E-state index contributed by atoms with van der Waals surface area (Å²) in [5.41, 5.74) is 0. The van der Waals surface area contributed by atoms with Crippen LogP contribution in [0.25, 0.3) is 0 Å². The predicted octanol–water partition coefficient (Wildman–Crippen LogP) is 1.90. The molecule has 21 heavy (non-hydrogen) atoms. The van der Waals surface area contributed by atoms with E-state index in [2.05, 4.69) is 11.9 Å². The number of hydrogen-bond donors (Lipinski definition) is 1. The van der Waals surface area contributed by atoms with Gasteiger partial charge in [0, 0.05) is 0 Å². The molecular weight excluding hydrogens is 270 g/mol. The Kier molecular flexibility index (Phi) is 5.44. The highest BCUT2D eigenvalue weighted by molar-refractivity contribution is 5.72. The highest BCUT2D eigenvalue weighted by atomic mass is 16.5. The van der Waals surface area contributed by atoms with Crippen molar-refractivity contribution in [3.05, 3.63) is 24.3 Å². The number of aromatic hydroxyl groups is 1. The fraction of sp³-hybridized carbons (Fsp3) is 0.562. The van der Waals surface area contributed by atoms with Crippen LogP contribution in [0.2, 0.25) is 0 Å². The minimum absolute atomic E-state index is 0.196. The zero-order valence-electron chi connectivity index (χ0n) is 12.6. The van der Waals surface area contributed by atoms with E-state index in [-0.39, 0.29) is 17.6 Å². The van der Waals surface area contributed by atoms with Gasteiger partial charge >= 0.3 is 5.97 Å². The fourth-order valence-electron chi connectivity index (χ4n) is 2.71. The molecule has 0 spiro atoms. The number of phenols is 1. The summed E-state index contributed by atoms with van der Waals surface area (Å²) in [7, 11) is 3.52. The number of piperidine rings is 1. The van der Waals surface area contributed by atoms with Crippen LogP contribution >= 0.6 is 0 Å². The van der Waals surface area contributed by atoms with E-state index in [9.17, 15) is 9.90 Å². The molecule has 0 saturated carbocycles. The molecule has 0 aliphatic carbocycles. The average Bonchev–Trinajstić information content (AvgIpc) is 2.50.